The van der Waals surface area contributed by atoms with Gasteiger partial charge in [0.05, 0.1) is 0 Å². The van der Waals surface area contributed by atoms with Gasteiger partial charge in [0.15, 0.2) is 0 Å². The SMILES string of the molecule is CCN(CC)c1ccc(N=C2[Se]/C(=N/N=C\c3ccccc3)N=C2c2ccc(C)cc2)cc1. The summed E-state index contributed by atoms with van der Waals surface area (Å²) in [6.45, 7) is 8.40. The molecule has 1 aliphatic rings. The van der Waals surface area contributed by atoms with Crippen molar-refractivity contribution in [2.24, 2.45) is 20.2 Å². The molecule has 0 saturated heterocycles. The van der Waals surface area contributed by atoms with Gasteiger partial charge in [-0.25, -0.2) is 0 Å². The Kier molecular flexibility index (Phi) is 7.61. The topological polar surface area (TPSA) is 52.7 Å². The van der Waals surface area contributed by atoms with Crippen LogP contribution in [0.15, 0.2) is 99.1 Å². The van der Waals surface area contributed by atoms with Gasteiger partial charge < -0.3 is 0 Å². The first-order chi connectivity index (χ1) is 16.2. The van der Waals surface area contributed by atoms with Gasteiger partial charge in [-0.15, -0.1) is 0 Å². The van der Waals surface area contributed by atoms with E-state index in [2.05, 4.69) is 84.4 Å². The van der Waals surface area contributed by atoms with Gasteiger partial charge in [0.2, 0.25) is 0 Å². The molecule has 0 radical (unpaired) electrons. The quantitative estimate of drug-likeness (QED) is 0.241. The summed E-state index contributed by atoms with van der Waals surface area (Å²) in [7, 11) is 0. The van der Waals surface area contributed by atoms with Crippen LogP contribution in [-0.4, -0.2) is 49.3 Å². The Morgan fingerprint density at radius 3 is 2.24 bits per heavy atom. The maximum atomic E-state index is 4.97. The number of amidine groups is 1. The van der Waals surface area contributed by atoms with Gasteiger partial charge in [-0.3, -0.25) is 0 Å². The van der Waals surface area contributed by atoms with Gasteiger partial charge in [-0.1, -0.05) is 0 Å². The van der Waals surface area contributed by atoms with Crippen molar-refractivity contribution in [1.29, 1.82) is 0 Å². The van der Waals surface area contributed by atoms with Crippen LogP contribution in [0.3, 0.4) is 0 Å². The molecule has 0 unspecified atom stereocenters. The van der Waals surface area contributed by atoms with E-state index in [-0.39, 0.29) is 15.0 Å². The first kappa shape index (κ1) is 22.8. The molecular weight excluding hydrogens is 473 g/mol. The van der Waals surface area contributed by atoms with E-state index in [1.807, 2.05) is 30.3 Å². The summed E-state index contributed by atoms with van der Waals surface area (Å²) in [5, 5.41) is 8.67. The van der Waals surface area contributed by atoms with Crippen molar-refractivity contribution in [2.45, 2.75) is 20.8 Å². The number of anilines is 1. The minimum atomic E-state index is -0.119. The molecule has 1 heterocycles. The van der Waals surface area contributed by atoms with E-state index in [0.29, 0.717) is 0 Å². The standard InChI is InChI=1S/C27H27N5Se/c1-4-32(5-2)24-17-15-23(16-18-24)29-26-25(22-13-11-20(3)12-14-22)30-27(33-26)31-28-19-21-9-7-6-8-10-21/h6-19H,4-5H2,1-3H3/b28-19-,29-26?,31-27+. The Morgan fingerprint density at radius 2 is 1.58 bits per heavy atom. The second-order valence-corrected chi connectivity index (χ2v) is 9.58. The second kappa shape index (κ2) is 11.0. The number of benzene rings is 3. The Bertz CT molecular complexity index is 1190. The fourth-order valence-electron chi connectivity index (χ4n) is 3.45. The summed E-state index contributed by atoms with van der Waals surface area (Å²) in [6.07, 6.45) is 1.76. The predicted octanol–water partition coefficient (Wildman–Crippen LogP) is 5.47. The third-order valence-electron chi connectivity index (χ3n) is 5.28. The molecule has 0 aromatic heterocycles. The number of aryl methyl sites for hydroxylation is 1. The van der Waals surface area contributed by atoms with Crippen LogP contribution < -0.4 is 4.90 Å². The van der Waals surface area contributed by atoms with Crippen LogP contribution in [0.2, 0.25) is 0 Å². The van der Waals surface area contributed by atoms with Crippen molar-refractivity contribution in [3.05, 3.63) is 95.6 Å². The van der Waals surface area contributed by atoms with Gasteiger partial charge in [-0.05, 0) is 0 Å². The van der Waals surface area contributed by atoms with Crippen molar-refractivity contribution in [2.75, 3.05) is 18.0 Å². The third kappa shape index (κ3) is 5.92. The Labute approximate surface area is 201 Å². The summed E-state index contributed by atoms with van der Waals surface area (Å²) in [5.41, 5.74) is 6.31. The van der Waals surface area contributed by atoms with E-state index in [4.69, 9.17) is 9.98 Å². The van der Waals surface area contributed by atoms with Crippen molar-refractivity contribution >= 4 is 47.6 Å². The van der Waals surface area contributed by atoms with E-state index >= 15 is 0 Å². The molecule has 0 N–H and O–H groups in total. The molecule has 3 aromatic rings. The molecule has 0 atom stereocenters. The molecular formula is C27H27N5Se. The molecule has 1 aliphatic heterocycles. The van der Waals surface area contributed by atoms with Crippen LogP contribution in [0.25, 0.3) is 0 Å². The zero-order valence-electron chi connectivity index (χ0n) is 19.1. The molecule has 5 nitrogen and oxygen atoms in total. The van der Waals surface area contributed by atoms with Gasteiger partial charge >= 0.3 is 202 Å². The molecule has 166 valence electrons. The molecule has 4 rings (SSSR count). The molecule has 33 heavy (non-hydrogen) atoms. The molecule has 0 amide bonds. The number of rotatable bonds is 7. The van der Waals surface area contributed by atoms with E-state index < -0.39 is 0 Å². The first-order valence-electron chi connectivity index (χ1n) is 11.1. The molecule has 6 heteroatoms. The maximum absolute atomic E-state index is 4.97. The van der Waals surface area contributed by atoms with Gasteiger partial charge in [-0.2, -0.15) is 0 Å². The second-order valence-electron chi connectivity index (χ2n) is 7.57. The summed E-state index contributed by atoms with van der Waals surface area (Å²) < 4.78 is 1.69. The van der Waals surface area contributed by atoms with E-state index in [0.717, 1.165) is 45.0 Å². The first-order valence-corrected chi connectivity index (χ1v) is 12.8. The van der Waals surface area contributed by atoms with Crippen LogP contribution in [0.5, 0.6) is 0 Å². The monoisotopic (exact) mass is 501 g/mol. The zero-order chi connectivity index (χ0) is 23.0. The molecule has 3 aromatic carbocycles. The number of hydrogen-bond acceptors (Lipinski definition) is 4. The number of hydrogen-bond donors (Lipinski definition) is 0. The summed E-state index contributed by atoms with van der Waals surface area (Å²) in [4.78, 5) is 12.1. The van der Waals surface area contributed by atoms with Crippen molar-refractivity contribution in [3.8, 4) is 0 Å². The van der Waals surface area contributed by atoms with Gasteiger partial charge in [0, 0.05) is 0 Å². The summed E-state index contributed by atoms with van der Waals surface area (Å²) >= 11 is -0.119. The minimum absolute atomic E-state index is 0.119. The summed E-state index contributed by atoms with van der Waals surface area (Å²) in [5.74, 6) is 0. The van der Waals surface area contributed by atoms with Crippen molar-refractivity contribution < 1.29 is 0 Å². The molecule has 0 bridgehead atoms. The van der Waals surface area contributed by atoms with E-state index in [1.165, 1.54) is 11.3 Å². The summed E-state index contributed by atoms with van der Waals surface area (Å²) in [6, 6.07) is 26.8. The fourth-order valence-corrected chi connectivity index (χ4v) is 5.14. The van der Waals surface area contributed by atoms with Gasteiger partial charge in [0.25, 0.3) is 0 Å². The fraction of sp³-hybridized carbons (Fsp3) is 0.185. The van der Waals surface area contributed by atoms with Gasteiger partial charge in [0.1, 0.15) is 0 Å². The molecule has 0 aliphatic carbocycles. The Morgan fingerprint density at radius 1 is 0.879 bits per heavy atom. The van der Waals surface area contributed by atoms with Crippen molar-refractivity contribution in [3.63, 3.8) is 0 Å². The van der Waals surface area contributed by atoms with Crippen LogP contribution in [0, 0.1) is 6.92 Å². The Hall–Kier alpha value is -3.34. The number of aliphatic imine (C=N–C) groups is 2. The zero-order valence-corrected chi connectivity index (χ0v) is 20.9. The van der Waals surface area contributed by atoms with Crippen LogP contribution >= 0.6 is 0 Å². The molecule has 0 spiro atoms. The average Bonchev–Trinajstić information content (AvgIpc) is 3.24. The van der Waals surface area contributed by atoms with Crippen LogP contribution in [0.4, 0.5) is 11.4 Å². The van der Waals surface area contributed by atoms with Crippen LogP contribution in [-0.2, 0) is 0 Å². The predicted molar refractivity (Wildman–Crippen MR) is 142 cm³/mol. The molecule has 0 fully saturated rings. The average molecular weight is 501 g/mol. The van der Waals surface area contributed by atoms with Crippen LogP contribution in [0.1, 0.15) is 30.5 Å². The van der Waals surface area contributed by atoms with E-state index in [9.17, 15) is 0 Å². The normalized spacial score (nSPS) is 16.0. The van der Waals surface area contributed by atoms with Crippen molar-refractivity contribution in [1.82, 2.24) is 0 Å². The number of nitrogens with zero attached hydrogens (tertiary/aromatic N) is 5. The molecule has 0 saturated carbocycles. The Balaban J connectivity index is 1.63. The third-order valence-corrected chi connectivity index (χ3v) is 7.03. The van der Waals surface area contributed by atoms with E-state index in [1.54, 1.807) is 6.21 Å².